The van der Waals surface area contributed by atoms with E-state index in [1.54, 1.807) is 10.9 Å². The highest BCUT2D eigenvalue weighted by molar-refractivity contribution is 9.10. The third-order valence-electron chi connectivity index (χ3n) is 3.36. The Bertz CT molecular complexity index is 735. The van der Waals surface area contributed by atoms with E-state index in [9.17, 15) is 0 Å². The van der Waals surface area contributed by atoms with Gasteiger partial charge in [0.15, 0.2) is 0 Å². The largest absolute Gasteiger partial charge is 0.361 e. The van der Waals surface area contributed by atoms with E-state index in [4.69, 9.17) is 4.52 Å². The minimum absolute atomic E-state index is 0.836. The zero-order chi connectivity index (χ0) is 15.0. The topological polar surface area (TPSA) is 55.9 Å². The van der Waals surface area contributed by atoms with Crippen molar-refractivity contribution in [1.29, 1.82) is 0 Å². The highest BCUT2D eigenvalue weighted by Gasteiger charge is 2.11. The molecule has 1 aromatic carbocycles. The van der Waals surface area contributed by atoms with Crippen LogP contribution in [0, 0.1) is 13.8 Å². The molecule has 0 aliphatic rings. The molecule has 0 unspecified atom stereocenters. The normalized spacial score (nSPS) is 10.9. The lowest BCUT2D eigenvalue weighted by Crippen LogP contribution is -1.99. The molecule has 3 aromatic rings. The summed E-state index contributed by atoms with van der Waals surface area (Å²) in [6, 6.07) is 8.17. The average molecular weight is 347 g/mol. The fourth-order valence-corrected chi connectivity index (χ4v) is 2.75. The first-order valence-corrected chi connectivity index (χ1v) is 7.33. The zero-order valence-electron chi connectivity index (χ0n) is 12.0. The SMILES string of the molecule is Cc1noc(C)c1-c1ccc(Nc2c(Br)cnn2C)cc1. The van der Waals surface area contributed by atoms with E-state index < -0.39 is 0 Å². The van der Waals surface area contributed by atoms with Gasteiger partial charge in [0.2, 0.25) is 0 Å². The second kappa shape index (κ2) is 5.37. The molecule has 0 spiro atoms. The molecule has 0 saturated carbocycles. The molecule has 6 heteroatoms. The van der Waals surface area contributed by atoms with Crippen LogP contribution in [0.4, 0.5) is 11.5 Å². The van der Waals surface area contributed by atoms with Gasteiger partial charge in [-0.15, -0.1) is 0 Å². The van der Waals surface area contributed by atoms with Crippen molar-refractivity contribution in [2.75, 3.05) is 5.32 Å². The maximum atomic E-state index is 5.21. The van der Waals surface area contributed by atoms with Crippen LogP contribution < -0.4 is 5.32 Å². The van der Waals surface area contributed by atoms with Crippen molar-refractivity contribution >= 4 is 27.4 Å². The van der Waals surface area contributed by atoms with Gasteiger partial charge in [0, 0.05) is 18.3 Å². The fraction of sp³-hybridized carbons (Fsp3) is 0.200. The maximum absolute atomic E-state index is 5.21. The summed E-state index contributed by atoms with van der Waals surface area (Å²) in [5, 5.41) is 11.5. The van der Waals surface area contributed by atoms with Crippen LogP contribution in [0.25, 0.3) is 11.1 Å². The van der Waals surface area contributed by atoms with E-state index in [0.717, 1.165) is 38.6 Å². The molecule has 0 bridgehead atoms. The molecular formula is C15H15BrN4O. The molecule has 5 nitrogen and oxygen atoms in total. The molecular weight excluding hydrogens is 332 g/mol. The van der Waals surface area contributed by atoms with E-state index >= 15 is 0 Å². The van der Waals surface area contributed by atoms with E-state index in [0.29, 0.717) is 0 Å². The van der Waals surface area contributed by atoms with Gasteiger partial charge in [0.1, 0.15) is 11.6 Å². The maximum Gasteiger partial charge on any atom is 0.142 e. The van der Waals surface area contributed by atoms with Crippen molar-refractivity contribution in [2.45, 2.75) is 13.8 Å². The van der Waals surface area contributed by atoms with Crippen LogP contribution >= 0.6 is 15.9 Å². The number of rotatable bonds is 3. The predicted molar refractivity (Wildman–Crippen MR) is 85.6 cm³/mol. The molecule has 2 aromatic heterocycles. The Morgan fingerprint density at radius 1 is 1.19 bits per heavy atom. The predicted octanol–water partition coefficient (Wildman–Crippen LogP) is 4.20. The van der Waals surface area contributed by atoms with Crippen molar-refractivity contribution in [1.82, 2.24) is 14.9 Å². The highest BCUT2D eigenvalue weighted by Crippen LogP contribution is 2.29. The third-order valence-corrected chi connectivity index (χ3v) is 3.94. The first kappa shape index (κ1) is 13.9. The van der Waals surface area contributed by atoms with E-state index in [1.807, 2.05) is 33.0 Å². The van der Waals surface area contributed by atoms with Crippen LogP contribution in [-0.2, 0) is 7.05 Å². The minimum atomic E-state index is 0.836. The molecule has 0 aliphatic heterocycles. The van der Waals surface area contributed by atoms with Crippen LogP contribution in [0.1, 0.15) is 11.5 Å². The molecule has 21 heavy (non-hydrogen) atoms. The monoisotopic (exact) mass is 346 g/mol. The van der Waals surface area contributed by atoms with Gasteiger partial charge in [-0.1, -0.05) is 17.3 Å². The summed E-state index contributed by atoms with van der Waals surface area (Å²) in [5.74, 6) is 1.75. The lowest BCUT2D eigenvalue weighted by atomic mass is 10.0. The molecule has 3 rings (SSSR count). The van der Waals surface area contributed by atoms with Crippen molar-refractivity contribution in [3.63, 3.8) is 0 Å². The second-order valence-corrected chi connectivity index (χ2v) is 5.72. The van der Waals surface area contributed by atoms with Crippen LogP contribution in [0.2, 0.25) is 0 Å². The number of aromatic nitrogens is 3. The van der Waals surface area contributed by atoms with Crippen LogP contribution in [0.5, 0.6) is 0 Å². The van der Waals surface area contributed by atoms with Crippen molar-refractivity contribution < 1.29 is 4.52 Å². The van der Waals surface area contributed by atoms with E-state index in [1.165, 1.54) is 0 Å². The number of hydrogen-bond donors (Lipinski definition) is 1. The lowest BCUT2D eigenvalue weighted by Gasteiger charge is -2.08. The first-order chi connectivity index (χ1) is 10.1. The van der Waals surface area contributed by atoms with Crippen LogP contribution in [-0.4, -0.2) is 14.9 Å². The highest BCUT2D eigenvalue weighted by atomic mass is 79.9. The van der Waals surface area contributed by atoms with Gasteiger partial charge >= 0.3 is 0 Å². The summed E-state index contributed by atoms with van der Waals surface area (Å²) < 4.78 is 7.93. The number of aryl methyl sites for hydroxylation is 3. The molecule has 2 heterocycles. The summed E-state index contributed by atoms with van der Waals surface area (Å²) in [5.41, 5.74) is 4.06. The van der Waals surface area contributed by atoms with Crippen LogP contribution in [0.3, 0.4) is 0 Å². The van der Waals surface area contributed by atoms with Gasteiger partial charge in [0.25, 0.3) is 0 Å². The van der Waals surface area contributed by atoms with Gasteiger partial charge in [-0.2, -0.15) is 5.10 Å². The number of nitrogens with one attached hydrogen (secondary N) is 1. The molecule has 0 aliphatic carbocycles. The average Bonchev–Trinajstić information content (AvgIpc) is 2.96. The summed E-state index contributed by atoms with van der Waals surface area (Å²) >= 11 is 3.47. The molecule has 0 radical (unpaired) electrons. The van der Waals surface area contributed by atoms with Crippen molar-refractivity contribution in [3.05, 3.63) is 46.4 Å². The van der Waals surface area contributed by atoms with Crippen molar-refractivity contribution in [2.24, 2.45) is 7.05 Å². The molecule has 0 amide bonds. The Morgan fingerprint density at radius 3 is 2.43 bits per heavy atom. The van der Waals surface area contributed by atoms with Gasteiger partial charge in [-0.25, -0.2) is 0 Å². The Balaban J connectivity index is 1.88. The fourth-order valence-electron chi connectivity index (χ4n) is 2.30. The molecule has 108 valence electrons. The lowest BCUT2D eigenvalue weighted by molar-refractivity contribution is 0.393. The number of anilines is 2. The number of benzene rings is 1. The Morgan fingerprint density at radius 2 is 1.90 bits per heavy atom. The Hall–Kier alpha value is -2.08. The molecule has 1 N–H and O–H groups in total. The summed E-state index contributed by atoms with van der Waals surface area (Å²) in [7, 11) is 1.89. The van der Waals surface area contributed by atoms with Gasteiger partial charge in [-0.05, 0) is 47.5 Å². The minimum Gasteiger partial charge on any atom is -0.361 e. The second-order valence-electron chi connectivity index (χ2n) is 4.87. The number of halogens is 1. The third kappa shape index (κ3) is 2.58. The zero-order valence-corrected chi connectivity index (χ0v) is 13.6. The van der Waals surface area contributed by atoms with Crippen LogP contribution in [0.15, 0.2) is 39.5 Å². The number of nitrogens with zero attached hydrogens (tertiary/aromatic N) is 3. The standard InChI is InChI=1S/C15H15BrN4O/c1-9-14(10(2)21-19-9)11-4-6-12(7-5-11)18-15-13(16)8-17-20(15)3/h4-8,18H,1-3H3. The Labute approximate surface area is 131 Å². The molecule has 0 fully saturated rings. The van der Waals surface area contributed by atoms with E-state index in [2.05, 4.69) is 43.6 Å². The molecule has 0 atom stereocenters. The van der Waals surface area contributed by atoms with E-state index in [-0.39, 0.29) is 0 Å². The van der Waals surface area contributed by atoms with Crippen molar-refractivity contribution in [3.8, 4) is 11.1 Å². The number of hydrogen-bond acceptors (Lipinski definition) is 4. The molecule has 0 saturated heterocycles. The smallest absolute Gasteiger partial charge is 0.142 e. The first-order valence-electron chi connectivity index (χ1n) is 6.54. The summed E-state index contributed by atoms with van der Waals surface area (Å²) in [6.07, 6.45) is 1.76. The van der Waals surface area contributed by atoms with Gasteiger partial charge in [-0.3, -0.25) is 4.68 Å². The summed E-state index contributed by atoms with van der Waals surface area (Å²) in [4.78, 5) is 0. The quantitative estimate of drug-likeness (QED) is 0.772. The summed E-state index contributed by atoms with van der Waals surface area (Å²) in [6.45, 7) is 3.87. The van der Waals surface area contributed by atoms with Gasteiger partial charge < -0.3 is 9.84 Å². The van der Waals surface area contributed by atoms with Gasteiger partial charge in [0.05, 0.1) is 16.4 Å². The Kier molecular flexibility index (Phi) is 3.55.